The highest BCUT2D eigenvalue weighted by Gasteiger charge is 2.31. The van der Waals surface area contributed by atoms with E-state index in [4.69, 9.17) is 0 Å². The Bertz CT molecular complexity index is 1150. The molecule has 5 heteroatoms. The molecular formula is C23H23BrN2O2. The maximum atomic E-state index is 13.2. The number of pyridine rings is 1. The molecule has 144 valence electrons. The van der Waals surface area contributed by atoms with Crippen molar-refractivity contribution in [2.45, 2.75) is 32.6 Å². The summed E-state index contributed by atoms with van der Waals surface area (Å²) in [6.07, 6.45) is 4.52. The van der Waals surface area contributed by atoms with E-state index >= 15 is 0 Å². The largest absolute Gasteiger partial charge is 0.380 e. The highest BCUT2D eigenvalue weighted by atomic mass is 79.9. The average molecular weight is 439 g/mol. The van der Waals surface area contributed by atoms with Gasteiger partial charge in [-0.1, -0.05) is 66.4 Å². The molecule has 1 heterocycles. The van der Waals surface area contributed by atoms with Gasteiger partial charge in [0.05, 0.1) is 5.52 Å². The summed E-state index contributed by atoms with van der Waals surface area (Å²) in [7, 11) is 1.77. The van der Waals surface area contributed by atoms with Crippen LogP contribution in [-0.4, -0.2) is 16.9 Å². The Labute approximate surface area is 172 Å². The van der Waals surface area contributed by atoms with Crippen LogP contribution in [-0.2, 0) is 7.05 Å². The molecule has 4 rings (SSSR count). The zero-order chi connectivity index (χ0) is 19.8. The lowest BCUT2D eigenvalue weighted by atomic mass is 9.83. The van der Waals surface area contributed by atoms with Gasteiger partial charge in [-0.05, 0) is 24.1 Å². The first kappa shape index (κ1) is 18.9. The lowest BCUT2D eigenvalue weighted by molar-refractivity contribution is 0.103. The van der Waals surface area contributed by atoms with Gasteiger partial charge < -0.3 is 9.88 Å². The molecule has 0 spiro atoms. The van der Waals surface area contributed by atoms with Gasteiger partial charge in [-0.3, -0.25) is 9.59 Å². The van der Waals surface area contributed by atoms with Crippen molar-refractivity contribution in [3.63, 3.8) is 0 Å². The van der Waals surface area contributed by atoms with Crippen molar-refractivity contribution >= 4 is 38.3 Å². The number of carbonyl (C=O) groups excluding carboxylic acids is 1. The van der Waals surface area contributed by atoms with E-state index in [2.05, 4.69) is 28.2 Å². The second-order valence-corrected chi connectivity index (χ2v) is 8.15. The third-order valence-electron chi connectivity index (χ3n) is 5.51. The molecule has 0 fully saturated rings. The number of aromatic nitrogens is 1. The fourth-order valence-electron chi connectivity index (χ4n) is 4.06. The monoisotopic (exact) mass is 438 g/mol. The molecule has 0 unspecified atom stereocenters. The number of aryl methyl sites for hydroxylation is 1. The van der Waals surface area contributed by atoms with E-state index in [0.717, 1.165) is 45.9 Å². The van der Waals surface area contributed by atoms with Crippen LogP contribution in [0.1, 0.15) is 48.5 Å². The number of ketones is 1. The van der Waals surface area contributed by atoms with E-state index in [1.54, 1.807) is 11.6 Å². The Morgan fingerprint density at radius 2 is 1.71 bits per heavy atom. The summed E-state index contributed by atoms with van der Waals surface area (Å²) in [5, 5.41) is 4.24. The van der Waals surface area contributed by atoms with Gasteiger partial charge in [0.25, 0.3) is 5.56 Å². The lowest BCUT2D eigenvalue weighted by Crippen LogP contribution is -2.25. The minimum atomic E-state index is -0.0598. The number of hydrogen-bond acceptors (Lipinski definition) is 3. The van der Waals surface area contributed by atoms with Gasteiger partial charge in [0.1, 0.15) is 5.69 Å². The van der Waals surface area contributed by atoms with Gasteiger partial charge >= 0.3 is 0 Å². The van der Waals surface area contributed by atoms with Crippen molar-refractivity contribution in [3.05, 3.63) is 62.4 Å². The van der Waals surface area contributed by atoms with Crippen LogP contribution in [0.15, 0.2) is 45.7 Å². The summed E-state index contributed by atoms with van der Waals surface area (Å²) in [6, 6.07) is 11.3. The first-order valence-corrected chi connectivity index (χ1v) is 10.6. The van der Waals surface area contributed by atoms with Crippen molar-refractivity contribution in [2.75, 3.05) is 11.9 Å². The molecule has 0 saturated heterocycles. The molecule has 1 aliphatic carbocycles. The molecule has 0 atom stereocenters. The second-order valence-electron chi connectivity index (χ2n) is 7.29. The molecule has 0 amide bonds. The normalized spacial score (nSPS) is 12.3. The van der Waals surface area contributed by atoms with Gasteiger partial charge in [0.15, 0.2) is 5.78 Å². The molecule has 0 aliphatic heterocycles. The van der Waals surface area contributed by atoms with Crippen LogP contribution in [0.2, 0.25) is 0 Å². The van der Waals surface area contributed by atoms with Crippen LogP contribution in [0.5, 0.6) is 0 Å². The maximum absolute atomic E-state index is 13.2. The van der Waals surface area contributed by atoms with Gasteiger partial charge in [0.2, 0.25) is 0 Å². The molecule has 28 heavy (non-hydrogen) atoms. The Kier molecular flexibility index (Phi) is 5.11. The number of anilines is 1. The number of rotatable bonds is 6. The summed E-state index contributed by atoms with van der Waals surface area (Å²) in [6.45, 7) is 2.93. The van der Waals surface area contributed by atoms with Crippen molar-refractivity contribution in [1.29, 1.82) is 0 Å². The second kappa shape index (κ2) is 7.55. The zero-order valence-corrected chi connectivity index (χ0v) is 17.7. The number of nitrogens with one attached hydrogen (secondary N) is 1. The number of unbranched alkanes of at least 4 members (excludes halogenated alkanes) is 3. The quantitative estimate of drug-likeness (QED) is 0.404. The van der Waals surface area contributed by atoms with Crippen molar-refractivity contribution in [2.24, 2.45) is 7.05 Å². The molecule has 0 radical (unpaired) electrons. The fraction of sp³-hybridized carbons (Fsp3) is 0.304. The summed E-state index contributed by atoms with van der Waals surface area (Å²) >= 11 is 3.56. The van der Waals surface area contributed by atoms with Crippen molar-refractivity contribution in [3.8, 4) is 11.1 Å². The Balaban J connectivity index is 1.98. The first-order chi connectivity index (χ1) is 13.6. The fourth-order valence-corrected chi connectivity index (χ4v) is 4.57. The molecule has 3 aromatic rings. The maximum Gasteiger partial charge on any atom is 0.274 e. The number of fused-ring (bicyclic) bond motifs is 2. The summed E-state index contributed by atoms with van der Waals surface area (Å²) in [4.78, 5) is 26.4. The van der Waals surface area contributed by atoms with Gasteiger partial charge in [-0.25, -0.2) is 0 Å². The van der Waals surface area contributed by atoms with E-state index < -0.39 is 0 Å². The highest BCUT2D eigenvalue weighted by Crippen LogP contribution is 2.44. The third kappa shape index (κ3) is 2.89. The Morgan fingerprint density at radius 3 is 2.46 bits per heavy atom. The zero-order valence-electron chi connectivity index (χ0n) is 16.1. The number of hydrogen-bond donors (Lipinski definition) is 1. The molecule has 2 aromatic carbocycles. The van der Waals surface area contributed by atoms with E-state index in [0.29, 0.717) is 16.8 Å². The predicted octanol–water partition coefficient (Wildman–Crippen LogP) is 5.50. The van der Waals surface area contributed by atoms with Crippen LogP contribution >= 0.6 is 15.9 Å². The highest BCUT2D eigenvalue weighted by molar-refractivity contribution is 9.10. The average Bonchev–Trinajstić information content (AvgIpc) is 2.70. The lowest BCUT2D eigenvalue weighted by Gasteiger charge is -2.25. The molecule has 0 saturated carbocycles. The van der Waals surface area contributed by atoms with Gasteiger partial charge in [0, 0.05) is 40.1 Å². The number of nitrogens with zero attached hydrogens (tertiary/aromatic N) is 1. The minimum absolute atomic E-state index is 0.00637. The van der Waals surface area contributed by atoms with Crippen LogP contribution in [0.25, 0.3) is 22.0 Å². The number of benzene rings is 2. The first-order valence-electron chi connectivity index (χ1n) is 9.79. The van der Waals surface area contributed by atoms with Crippen molar-refractivity contribution in [1.82, 2.24) is 4.57 Å². The topological polar surface area (TPSA) is 51.1 Å². The summed E-state index contributed by atoms with van der Waals surface area (Å²) < 4.78 is 2.40. The van der Waals surface area contributed by atoms with Gasteiger partial charge in [-0.15, -0.1) is 0 Å². The number of halogens is 1. The summed E-state index contributed by atoms with van der Waals surface area (Å²) in [5.74, 6) is -0.00637. The molecule has 1 N–H and O–H groups in total. The standard InChI is InChI=1S/C23H23BrN2O2/c1-3-4-5-8-13-25-21-18-14-9-6-7-10-15(14)22(27)19-16(24)11-12-17(20(18)19)26(2)23(21)28/h6-7,9-12,25H,3-5,8,13H2,1-2H3. The molecule has 1 aliphatic rings. The number of carbonyl (C=O) groups is 1. The molecule has 4 nitrogen and oxygen atoms in total. The molecule has 0 bridgehead atoms. The third-order valence-corrected chi connectivity index (χ3v) is 6.17. The minimum Gasteiger partial charge on any atom is -0.380 e. The van der Waals surface area contributed by atoms with Crippen LogP contribution in [0.3, 0.4) is 0 Å². The smallest absolute Gasteiger partial charge is 0.274 e. The van der Waals surface area contributed by atoms with E-state index in [-0.39, 0.29) is 11.3 Å². The van der Waals surface area contributed by atoms with Gasteiger partial charge in [-0.2, -0.15) is 0 Å². The SMILES string of the molecule is CCCCCCNc1c2c3c(c(Br)ccc3n(C)c1=O)C(=O)c1ccccc1-2. The van der Waals surface area contributed by atoms with Crippen LogP contribution in [0, 0.1) is 0 Å². The Hall–Kier alpha value is -2.40. The predicted molar refractivity (Wildman–Crippen MR) is 118 cm³/mol. The van der Waals surface area contributed by atoms with E-state index in [1.807, 2.05) is 36.4 Å². The van der Waals surface area contributed by atoms with Crippen LogP contribution < -0.4 is 10.9 Å². The van der Waals surface area contributed by atoms with E-state index in [9.17, 15) is 9.59 Å². The summed E-state index contributed by atoms with van der Waals surface area (Å²) in [5.41, 5.74) is 4.26. The molecule has 1 aromatic heterocycles. The van der Waals surface area contributed by atoms with Crippen molar-refractivity contribution < 1.29 is 4.79 Å². The Morgan fingerprint density at radius 1 is 0.964 bits per heavy atom. The van der Waals surface area contributed by atoms with E-state index in [1.165, 1.54) is 12.8 Å². The van der Waals surface area contributed by atoms with Crippen LogP contribution in [0.4, 0.5) is 5.69 Å². The molecular weight excluding hydrogens is 416 g/mol.